The number of anilines is 1. The van der Waals surface area contributed by atoms with Crippen LogP contribution in [0.4, 0.5) is 19.4 Å². The Labute approximate surface area is 191 Å². The summed E-state index contributed by atoms with van der Waals surface area (Å²) in [5, 5.41) is 2.82. The van der Waals surface area contributed by atoms with Crippen molar-refractivity contribution in [1.29, 1.82) is 0 Å². The molecule has 1 aliphatic carbocycles. The number of pyridine rings is 1. The van der Waals surface area contributed by atoms with Gasteiger partial charge in [0, 0.05) is 25.1 Å². The monoisotopic (exact) mass is 459 g/mol. The highest BCUT2D eigenvalue weighted by molar-refractivity contribution is 5.94. The Kier molecular flexibility index (Phi) is 5.99. The van der Waals surface area contributed by atoms with Crippen molar-refractivity contribution in [1.82, 2.24) is 9.88 Å². The molecular weight excluding hydrogens is 432 g/mol. The zero-order chi connectivity index (χ0) is 23.8. The topological polar surface area (TPSA) is 80.8 Å². The van der Waals surface area contributed by atoms with Gasteiger partial charge in [-0.15, -0.1) is 0 Å². The fraction of sp³-hybridized carbons (Fsp3) is 0.458. The van der Waals surface area contributed by atoms with E-state index < -0.39 is 17.2 Å². The van der Waals surface area contributed by atoms with E-state index in [2.05, 4.69) is 10.3 Å². The lowest BCUT2D eigenvalue weighted by molar-refractivity contribution is -0.118. The van der Waals surface area contributed by atoms with Crippen molar-refractivity contribution in [2.24, 2.45) is 11.3 Å². The number of ether oxygens (including phenoxy) is 2. The van der Waals surface area contributed by atoms with E-state index in [0.29, 0.717) is 18.9 Å². The molecule has 1 atom stereocenters. The van der Waals surface area contributed by atoms with Crippen molar-refractivity contribution in [3.05, 3.63) is 48.2 Å². The second-order valence-corrected chi connectivity index (χ2v) is 9.63. The molecule has 2 aliphatic rings. The molecule has 0 bridgehead atoms. The van der Waals surface area contributed by atoms with E-state index in [9.17, 15) is 18.4 Å². The number of benzene rings is 1. The highest BCUT2D eigenvalue weighted by atomic mass is 19.1. The number of amides is 2. The summed E-state index contributed by atoms with van der Waals surface area (Å²) in [6, 6.07) is 6.15. The minimum atomic E-state index is -0.816. The second-order valence-electron chi connectivity index (χ2n) is 9.63. The van der Waals surface area contributed by atoms with Crippen LogP contribution in [0.5, 0.6) is 11.5 Å². The molecule has 2 fully saturated rings. The standard InChI is InChI=1S/C24H27F2N3O4/c1-23(2,3)33-22(31)29-10-8-24(9-11-29)13-17(24)21(30)28-20-7-5-16(14-27-20)32-19-6-4-15(25)12-18(19)26/h4-7,12,14,17H,8-11,13H2,1-3H3,(H,27,28,30). The van der Waals surface area contributed by atoms with Crippen LogP contribution in [0.1, 0.15) is 40.0 Å². The Balaban J connectivity index is 1.28. The van der Waals surface area contributed by atoms with Gasteiger partial charge in [-0.05, 0) is 69.7 Å². The number of nitrogens with zero attached hydrogens (tertiary/aromatic N) is 2. The molecule has 2 amide bonds. The van der Waals surface area contributed by atoms with Crippen LogP contribution in [0, 0.1) is 23.0 Å². The minimum absolute atomic E-state index is 0.0776. The average Bonchev–Trinajstić information content (AvgIpc) is 3.44. The largest absolute Gasteiger partial charge is 0.453 e. The molecule has 1 saturated carbocycles. The van der Waals surface area contributed by atoms with Crippen LogP contribution in [-0.4, -0.2) is 40.6 Å². The predicted octanol–water partition coefficient (Wildman–Crippen LogP) is 5.13. The van der Waals surface area contributed by atoms with Crippen molar-refractivity contribution in [2.45, 2.75) is 45.6 Å². The first-order valence-electron chi connectivity index (χ1n) is 10.9. The summed E-state index contributed by atoms with van der Waals surface area (Å²) in [5.74, 6) is -1.23. The number of hydrogen-bond acceptors (Lipinski definition) is 5. The average molecular weight is 459 g/mol. The van der Waals surface area contributed by atoms with Gasteiger partial charge in [0.05, 0.1) is 6.20 Å². The molecule has 9 heteroatoms. The number of hydrogen-bond donors (Lipinski definition) is 1. The first-order chi connectivity index (χ1) is 15.5. The maximum Gasteiger partial charge on any atom is 0.410 e. The van der Waals surface area contributed by atoms with Crippen molar-refractivity contribution < 1.29 is 27.8 Å². The molecule has 2 aromatic rings. The second kappa shape index (κ2) is 8.61. The lowest BCUT2D eigenvalue weighted by Gasteiger charge is -2.34. The third kappa shape index (κ3) is 5.40. The Morgan fingerprint density at radius 1 is 1.15 bits per heavy atom. The van der Waals surface area contributed by atoms with E-state index >= 15 is 0 Å². The summed E-state index contributed by atoms with van der Waals surface area (Å²) in [7, 11) is 0. The molecule has 33 heavy (non-hydrogen) atoms. The van der Waals surface area contributed by atoms with E-state index in [1.54, 1.807) is 17.0 Å². The molecule has 0 radical (unpaired) electrons. The zero-order valence-corrected chi connectivity index (χ0v) is 18.9. The SMILES string of the molecule is CC(C)(C)OC(=O)N1CCC2(CC1)CC2C(=O)Nc1ccc(Oc2ccc(F)cc2F)cn1. The highest BCUT2D eigenvalue weighted by Crippen LogP contribution is 2.59. The lowest BCUT2D eigenvalue weighted by Crippen LogP contribution is -2.43. The van der Waals surface area contributed by atoms with Gasteiger partial charge in [-0.25, -0.2) is 18.6 Å². The Bertz CT molecular complexity index is 1040. The van der Waals surface area contributed by atoms with E-state index in [-0.39, 0.29) is 34.8 Å². The molecule has 7 nitrogen and oxygen atoms in total. The zero-order valence-electron chi connectivity index (χ0n) is 18.9. The normalized spacial score (nSPS) is 19.2. The quantitative estimate of drug-likeness (QED) is 0.686. The van der Waals surface area contributed by atoms with Gasteiger partial charge in [-0.3, -0.25) is 4.79 Å². The molecule has 4 rings (SSSR count). The van der Waals surface area contributed by atoms with Crippen molar-refractivity contribution >= 4 is 17.8 Å². The number of aromatic nitrogens is 1. The fourth-order valence-corrected chi connectivity index (χ4v) is 4.14. The number of halogens is 2. The van der Waals surface area contributed by atoms with Gasteiger partial charge in [0.25, 0.3) is 0 Å². The summed E-state index contributed by atoms with van der Waals surface area (Å²) in [6.07, 6.45) is 3.35. The van der Waals surface area contributed by atoms with Gasteiger partial charge < -0.3 is 19.7 Å². The first kappa shape index (κ1) is 22.9. The third-order valence-electron chi connectivity index (χ3n) is 6.03. The lowest BCUT2D eigenvalue weighted by atomic mass is 9.91. The fourth-order valence-electron chi connectivity index (χ4n) is 4.14. The summed E-state index contributed by atoms with van der Waals surface area (Å²) in [6.45, 7) is 6.66. The smallest absolute Gasteiger partial charge is 0.410 e. The van der Waals surface area contributed by atoms with Gasteiger partial charge in [0.1, 0.15) is 23.0 Å². The van der Waals surface area contributed by atoms with Crippen LogP contribution in [0.15, 0.2) is 36.5 Å². The molecule has 176 valence electrons. The molecule has 1 aliphatic heterocycles. The molecule has 1 aromatic heterocycles. The van der Waals surface area contributed by atoms with Crippen LogP contribution in [0.3, 0.4) is 0 Å². The van der Waals surface area contributed by atoms with Crippen molar-refractivity contribution in [2.75, 3.05) is 18.4 Å². The number of carbonyl (C=O) groups excluding carboxylic acids is 2. The number of carbonyl (C=O) groups is 2. The Morgan fingerprint density at radius 2 is 1.88 bits per heavy atom. The van der Waals surface area contributed by atoms with Crippen LogP contribution in [0.25, 0.3) is 0 Å². The van der Waals surface area contributed by atoms with Crippen LogP contribution < -0.4 is 10.1 Å². The number of likely N-dealkylation sites (tertiary alicyclic amines) is 1. The van der Waals surface area contributed by atoms with Gasteiger partial charge in [-0.1, -0.05) is 0 Å². The molecule has 1 aromatic carbocycles. The number of piperidine rings is 1. The van der Waals surface area contributed by atoms with E-state index in [4.69, 9.17) is 9.47 Å². The molecule has 1 unspecified atom stereocenters. The maximum atomic E-state index is 13.7. The predicted molar refractivity (Wildman–Crippen MR) is 117 cm³/mol. The van der Waals surface area contributed by atoms with Gasteiger partial charge in [0.2, 0.25) is 5.91 Å². The van der Waals surface area contributed by atoms with Gasteiger partial charge >= 0.3 is 6.09 Å². The maximum absolute atomic E-state index is 13.7. The Morgan fingerprint density at radius 3 is 2.48 bits per heavy atom. The van der Waals surface area contributed by atoms with E-state index in [0.717, 1.165) is 31.4 Å². The molecule has 1 spiro atoms. The van der Waals surface area contributed by atoms with Crippen LogP contribution in [-0.2, 0) is 9.53 Å². The summed E-state index contributed by atoms with van der Waals surface area (Å²) < 4.78 is 37.5. The number of nitrogens with one attached hydrogen (secondary N) is 1. The highest BCUT2D eigenvalue weighted by Gasteiger charge is 2.59. The van der Waals surface area contributed by atoms with E-state index in [1.807, 2.05) is 20.8 Å². The van der Waals surface area contributed by atoms with Crippen LogP contribution in [0.2, 0.25) is 0 Å². The van der Waals surface area contributed by atoms with Crippen molar-refractivity contribution in [3.8, 4) is 11.5 Å². The van der Waals surface area contributed by atoms with Gasteiger partial charge in [0.15, 0.2) is 11.6 Å². The van der Waals surface area contributed by atoms with Gasteiger partial charge in [-0.2, -0.15) is 0 Å². The third-order valence-corrected chi connectivity index (χ3v) is 6.03. The first-order valence-corrected chi connectivity index (χ1v) is 10.9. The van der Waals surface area contributed by atoms with Crippen molar-refractivity contribution in [3.63, 3.8) is 0 Å². The summed E-state index contributed by atoms with van der Waals surface area (Å²) >= 11 is 0. The summed E-state index contributed by atoms with van der Waals surface area (Å²) in [5.41, 5.74) is -0.610. The minimum Gasteiger partial charge on any atom is -0.453 e. The van der Waals surface area contributed by atoms with E-state index in [1.165, 1.54) is 12.3 Å². The summed E-state index contributed by atoms with van der Waals surface area (Å²) in [4.78, 5) is 30.8. The molecular formula is C24H27F2N3O4. The molecule has 1 N–H and O–H groups in total. The number of rotatable bonds is 4. The molecule has 2 heterocycles. The van der Waals surface area contributed by atoms with Crippen LogP contribution >= 0.6 is 0 Å². The molecule has 1 saturated heterocycles. The Hall–Kier alpha value is -3.23.